The van der Waals surface area contributed by atoms with Crippen molar-refractivity contribution in [3.63, 3.8) is 0 Å². The Morgan fingerprint density at radius 3 is 2.59 bits per heavy atom. The molecule has 17 heavy (non-hydrogen) atoms. The van der Waals surface area contributed by atoms with Crippen LogP contribution in [0.1, 0.15) is 19.5 Å². The van der Waals surface area contributed by atoms with Crippen LogP contribution in [0.15, 0.2) is 12.1 Å². The Morgan fingerprint density at radius 1 is 1.35 bits per heavy atom. The van der Waals surface area contributed by atoms with E-state index >= 15 is 0 Å². The van der Waals surface area contributed by atoms with Crippen molar-refractivity contribution in [1.29, 1.82) is 0 Å². The third kappa shape index (κ3) is 4.66. The SMILES string of the molecule is COCCN(CC(C)C)c1ccc(CO)nn1. The maximum Gasteiger partial charge on any atom is 0.151 e. The maximum absolute atomic E-state index is 8.92. The molecule has 96 valence electrons. The van der Waals surface area contributed by atoms with Crippen LogP contribution >= 0.6 is 0 Å². The second-order valence-corrected chi connectivity index (χ2v) is 4.37. The number of methoxy groups -OCH3 is 1. The van der Waals surface area contributed by atoms with E-state index in [9.17, 15) is 0 Å². The van der Waals surface area contributed by atoms with E-state index in [1.165, 1.54) is 0 Å². The number of ether oxygens (including phenoxy) is 1. The highest BCUT2D eigenvalue weighted by atomic mass is 16.5. The number of hydrogen-bond acceptors (Lipinski definition) is 5. The van der Waals surface area contributed by atoms with Crippen LogP contribution in [0, 0.1) is 5.92 Å². The first-order valence-corrected chi connectivity index (χ1v) is 5.84. The van der Waals surface area contributed by atoms with Crippen LogP contribution in [-0.2, 0) is 11.3 Å². The van der Waals surface area contributed by atoms with E-state index < -0.39 is 0 Å². The van der Waals surface area contributed by atoms with Crippen molar-refractivity contribution in [3.05, 3.63) is 17.8 Å². The van der Waals surface area contributed by atoms with Gasteiger partial charge in [0.2, 0.25) is 0 Å². The van der Waals surface area contributed by atoms with Crippen molar-refractivity contribution in [2.24, 2.45) is 5.92 Å². The lowest BCUT2D eigenvalue weighted by Crippen LogP contribution is -2.31. The Labute approximate surface area is 102 Å². The summed E-state index contributed by atoms with van der Waals surface area (Å²) in [5, 5.41) is 17.0. The molecule has 1 heterocycles. The third-order valence-electron chi connectivity index (χ3n) is 2.34. The van der Waals surface area contributed by atoms with Gasteiger partial charge in [-0.05, 0) is 18.1 Å². The standard InChI is InChI=1S/C12H21N3O2/c1-10(2)8-15(6-7-17-3)12-5-4-11(9-16)13-14-12/h4-5,10,16H,6-9H2,1-3H3. The van der Waals surface area contributed by atoms with Crippen LogP contribution < -0.4 is 4.90 Å². The number of nitrogens with zero attached hydrogens (tertiary/aromatic N) is 3. The normalized spacial score (nSPS) is 10.9. The first-order chi connectivity index (χ1) is 8.17. The number of anilines is 1. The molecule has 1 N–H and O–H groups in total. The molecule has 0 unspecified atom stereocenters. The molecule has 0 bridgehead atoms. The summed E-state index contributed by atoms with van der Waals surface area (Å²) in [5.74, 6) is 1.37. The first kappa shape index (κ1) is 13.9. The molecular formula is C12H21N3O2. The molecule has 1 rings (SSSR count). The van der Waals surface area contributed by atoms with E-state index in [0.29, 0.717) is 18.2 Å². The minimum absolute atomic E-state index is 0.0739. The smallest absolute Gasteiger partial charge is 0.151 e. The van der Waals surface area contributed by atoms with E-state index in [2.05, 4.69) is 28.9 Å². The first-order valence-electron chi connectivity index (χ1n) is 5.84. The zero-order chi connectivity index (χ0) is 12.7. The van der Waals surface area contributed by atoms with Crippen molar-refractivity contribution >= 4 is 5.82 Å². The van der Waals surface area contributed by atoms with E-state index in [1.807, 2.05) is 6.07 Å². The van der Waals surface area contributed by atoms with Gasteiger partial charge in [-0.2, -0.15) is 5.10 Å². The highest BCUT2D eigenvalue weighted by molar-refractivity contribution is 5.37. The van der Waals surface area contributed by atoms with E-state index in [-0.39, 0.29) is 6.61 Å². The lowest BCUT2D eigenvalue weighted by Gasteiger charge is -2.24. The fraction of sp³-hybridized carbons (Fsp3) is 0.667. The second kappa shape index (κ2) is 7.19. The Morgan fingerprint density at radius 2 is 2.12 bits per heavy atom. The van der Waals surface area contributed by atoms with Crippen molar-refractivity contribution in [2.75, 3.05) is 31.7 Å². The fourth-order valence-electron chi connectivity index (χ4n) is 1.55. The number of rotatable bonds is 7. The molecule has 0 aliphatic heterocycles. The number of aromatic nitrogens is 2. The number of aliphatic hydroxyl groups excluding tert-OH is 1. The van der Waals surface area contributed by atoms with Gasteiger partial charge in [0.05, 0.1) is 18.9 Å². The van der Waals surface area contributed by atoms with Gasteiger partial charge >= 0.3 is 0 Å². The fourth-order valence-corrected chi connectivity index (χ4v) is 1.55. The topological polar surface area (TPSA) is 58.5 Å². The van der Waals surface area contributed by atoms with Gasteiger partial charge < -0.3 is 14.7 Å². The van der Waals surface area contributed by atoms with Crippen molar-refractivity contribution < 1.29 is 9.84 Å². The quantitative estimate of drug-likeness (QED) is 0.771. The molecule has 5 heteroatoms. The van der Waals surface area contributed by atoms with Gasteiger partial charge in [-0.3, -0.25) is 0 Å². The number of hydrogen-bond donors (Lipinski definition) is 1. The minimum Gasteiger partial charge on any atom is -0.390 e. The minimum atomic E-state index is -0.0739. The van der Waals surface area contributed by atoms with Crippen LogP contribution in [0.5, 0.6) is 0 Å². The van der Waals surface area contributed by atoms with Crippen molar-refractivity contribution in [1.82, 2.24) is 10.2 Å². The lowest BCUT2D eigenvalue weighted by molar-refractivity contribution is 0.204. The highest BCUT2D eigenvalue weighted by Crippen LogP contribution is 2.11. The molecule has 1 aromatic rings. The molecule has 0 aromatic carbocycles. The van der Waals surface area contributed by atoms with Crippen LogP contribution in [0.25, 0.3) is 0 Å². The molecule has 0 fully saturated rings. The molecule has 0 radical (unpaired) electrons. The van der Waals surface area contributed by atoms with E-state index in [1.54, 1.807) is 13.2 Å². The Balaban J connectivity index is 2.72. The van der Waals surface area contributed by atoms with Crippen LogP contribution in [0.2, 0.25) is 0 Å². The molecule has 0 saturated carbocycles. The zero-order valence-corrected chi connectivity index (χ0v) is 10.8. The van der Waals surface area contributed by atoms with Gasteiger partial charge in [-0.15, -0.1) is 5.10 Å². The molecule has 1 aromatic heterocycles. The Bertz CT molecular complexity index is 314. The van der Waals surface area contributed by atoms with Gasteiger partial charge in [-0.1, -0.05) is 13.8 Å². The van der Waals surface area contributed by atoms with E-state index in [0.717, 1.165) is 18.9 Å². The third-order valence-corrected chi connectivity index (χ3v) is 2.34. The average Bonchev–Trinajstić information content (AvgIpc) is 2.34. The molecular weight excluding hydrogens is 218 g/mol. The molecule has 0 amide bonds. The van der Waals surface area contributed by atoms with Crippen LogP contribution in [0.3, 0.4) is 0 Å². The lowest BCUT2D eigenvalue weighted by atomic mass is 10.2. The average molecular weight is 239 g/mol. The van der Waals surface area contributed by atoms with Crippen LogP contribution in [0.4, 0.5) is 5.82 Å². The summed E-state index contributed by atoms with van der Waals surface area (Å²) in [6, 6.07) is 3.68. The van der Waals surface area contributed by atoms with Gasteiger partial charge in [0, 0.05) is 20.2 Å². The zero-order valence-electron chi connectivity index (χ0n) is 10.8. The predicted octanol–water partition coefficient (Wildman–Crippen LogP) is 1.08. The molecule has 5 nitrogen and oxygen atoms in total. The summed E-state index contributed by atoms with van der Waals surface area (Å²) < 4.78 is 5.09. The monoisotopic (exact) mass is 239 g/mol. The molecule has 0 saturated heterocycles. The van der Waals surface area contributed by atoms with Gasteiger partial charge in [-0.25, -0.2) is 0 Å². The maximum atomic E-state index is 8.92. The largest absolute Gasteiger partial charge is 0.390 e. The summed E-state index contributed by atoms with van der Waals surface area (Å²) in [7, 11) is 1.69. The molecule has 0 atom stereocenters. The van der Waals surface area contributed by atoms with Crippen molar-refractivity contribution in [2.45, 2.75) is 20.5 Å². The van der Waals surface area contributed by atoms with Crippen molar-refractivity contribution in [3.8, 4) is 0 Å². The summed E-state index contributed by atoms with van der Waals surface area (Å²) in [6.45, 7) is 6.62. The molecule has 0 aliphatic rings. The molecule has 0 aliphatic carbocycles. The van der Waals surface area contributed by atoms with Gasteiger partial charge in [0.25, 0.3) is 0 Å². The summed E-state index contributed by atoms with van der Waals surface area (Å²) in [5.41, 5.74) is 0.588. The Kier molecular flexibility index (Phi) is 5.86. The van der Waals surface area contributed by atoms with Gasteiger partial charge in [0.1, 0.15) is 0 Å². The highest BCUT2D eigenvalue weighted by Gasteiger charge is 2.10. The van der Waals surface area contributed by atoms with E-state index in [4.69, 9.17) is 9.84 Å². The summed E-state index contributed by atoms with van der Waals surface area (Å²) in [6.07, 6.45) is 0. The van der Waals surface area contributed by atoms with Crippen LogP contribution in [-0.4, -0.2) is 42.1 Å². The number of aliphatic hydroxyl groups is 1. The Hall–Kier alpha value is -1.20. The summed E-state index contributed by atoms with van der Waals surface area (Å²) >= 11 is 0. The van der Waals surface area contributed by atoms with Gasteiger partial charge in [0.15, 0.2) is 5.82 Å². The summed E-state index contributed by atoms with van der Waals surface area (Å²) in [4.78, 5) is 2.14. The molecule has 0 spiro atoms. The predicted molar refractivity (Wildman–Crippen MR) is 66.9 cm³/mol. The second-order valence-electron chi connectivity index (χ2n) is 4.37.